The van der Waals surface area contributed by atoms with Crippen molar-refractivity contribution >= 4 is 11.8 Å². The SMILES string of the molecule is CC(C)Sc1ccc(-c2nnc(CCN)o2)cc1. The molecule has 1 aromatic carbocycles. The second-order valence-electron chi connectivity index (χ2n) is 4.23. The average Bonchev–Trinajstić information content (AvgIpc) is 2.78. The zero-order valence-electron chi connectivity index (χ0n) is 10.6. The Morgan fingerprint density at radius 2 is 1.94 bits per heavy atom. The molecule has 4 nitrogen and oxygen atoms in total. The van der Waals surface area contributed by atoms with Gasteiger partial charge >= 0.3 is 0 Å². The number of rotatable bonds is 5. The first-order chi connectivity index (χ1) is 8.69. The Bertz CT molecular complexity index is 493. The number of hydrogen-bond acceptors (Lipinski definition) is 5. The van der Waals surface area contributed by atoms with Gasteiger partial charge in [-0.15, -0.1) is 22.0 Å². The lowest BCUT2D eigenvalue weighted by atomic mass is 10.2. The van der Waals surface area contributed by atoms with Gasteiger partial charge in [0.2, 0.25) is 11.8 Å². The molecule has 0 radical (unpaired) electrons. The molecule has 0 saturated heterocycles. The Labute approximate surface area is 111 Å². The minimum absolute atomic E-state index is 0.519. The molecule has 0 aliphatic heterocycles. The molecule has 0 aliphatic rings. The number of thioether (sulfide) groups is 1. The summed E-state index contributed by atoms with van der Waals surface area (Å²) in [5, 5.41) is 8.55. The number of nitrogens with zero attached hydrogens (tertiary/aromatic N) is 2. The van der Waals surface area contributed by atoms with Crippen LogP contribution in [0.5, 0.6) is 0 Å². The molecular formula is C13H17N3OS. The van der Waals surface area contributed by atoms with Crippen molar-refractivity contribution in [3.05, 3.63) is 30.2 Å². The third kappa shape index (κ3) is 3.34. The number of aromatic nitrogens is 2. The van der Waals surface area contributed by atoms with E-state index >= 15 is 0 Å². The van der Waals surface area contributed by atoms with Crippen LogP contribution in [0.15, 0.2) is 33.6 Å². The third-order valence-electron chi connectivity index (χ3n) is 2.30. The normalized spacial score (nSPS) is 11.1. The van der Waals surface area contributed by atoms with Gasteiger partial charge in [0.1, 0.15) is 0 Å². The third-order valence-corrected chi connectivity index (χ3v) is 3.31. The average molecular weight is 263 g/mol. The Hall–Kier alpha value is -1.33. The van der Waals surface area contributed by atoms with E-state index in [2.05, 4.69) is 36.2 Å². The van der Waals surface area contributed by atoms with Gasteiger partial charge in [0.25, 0.3) is 0 Å². The van der Waals surface area contributed by atoms with Crippen LogP contribution in [0.3, 0.4) is 0 Å². The van der Waals surface area contributed by atoms with Crippen LogP contribution in [0.25, 0.3) is 11.5 Å². The Balaban J connectivity index is 2.12. The van der Waals surface area contributed by atoms with Gasteiger partial charge in [0, 0.05) is 28.7 Å². The molecule has 0 spiro atoms. The lowest BCUT2D eigenvalue weighted by molar-refractivity contribution is 0.507. The van der Waals surface area contributed by atoms with Crippen molar-refractivity contribution < 1.29 is 4.42 Å². The first kappa shape index (κ1) is 13.1. The molecule has 0 fully saturated rings. The van der Waals surface area contributed by atoms with Crippen LogP contribution in [0.2, 0.25) is 0 Å². The van der Waals surface area contributed by atoms with Crippen molar-refractivity contribution in [3.8, 4) is 11.5 Å². The first-order valence-electron chi connectivity index (χ1n) is 5.98. The van der Waals surface area contributed by atoms with Crippen molar-refractivity contribution in [2.45, 2.75) is 30.4 Å². The van der Waals surface area contributed by atoms with E-state index in [-0.39, 0.29) is 0 Å². The Morgan fingerprint density at radius 1 is 1.22 bits per heavy atom. The van der Waals surface area contributed by atoms with E-state index in [9.17, 15) is 0 Å². The summed E-state index contributed by atoms with van der Waals surface area (Å²) in [4.78, 5) is 1.25. The zero-order valence-corrected chi connectivity index (χ0v) is 11.4. The van der Waals surface area contributed by atoms with Crippen LogP contribution >= 0.6 is 11.8 Å². The zero-order chi connectivity index (χ0) is 13.0. The summed E-state index contributed by atoms with van der Waals surface area (Å²) < 4.78 is 5.52. The van der Waals surface area contributed by atoms with Gasteiger partial charge in [0.15, 0.2) is 0 Å². The van der Waals surface area contributed by atoms with E-state index in [0.29, 0.717) is 30.0 Å². The van der Waals surface area contributed by atoms with E-state index in [1.807, 2.05) is 23.9 Å². The van der Waals surface area contributed by atoms with Gasteiger partial charge < -0.3 is 10.2 Å². The van der Waals surface area contributed by atoms with Crippen molar-refractivity contribution in [3.63, 3.8) is 0 Å². The second-order valence-corrected chi connectivity index (χ2v) is 5.88. The van der Waals surface area contributed by atoms with E-state index in [0.717, 1.165) is 5.56 Å². The molecule has 1 heterocycles. The highest BCUT2D eigenvalue weighted by molar-refractivity contribution is 7.99. The summed E-state index contributed by atoms with van der Waals surface area (Å²) in [5.41, 5.74) is 6.39. The van der Waals surface area contributed by atoms with Gasteiger partial charge in [0.05, 0.1) is 0 Å². The monoisotopic (exact) mass is 263 g/mol. The molecule has 1 aromatic heterocycles. The topological polar surface area (TPSA) is 64.9 Å². The summed E-state index contributed by atoms with van der Waals surface area (Å²) in [5.74, 6) is 1.15. The fraction of sp³-hybridized carbons (Fsp3) is 0.385. The number of nitrogens with two attached hydrogens (primary N) is 1. The first-order valence-corrected chi connectivity index (χ1v) is 6.86. The van der Waals surface area contributed by atoms with Crippen LogP contribution in [-0.2, 0) is 6.42 Å². The van der Waals surface area contributed by atoms with Crippen molar-refractivity contribution in [1.29, 1.82) is 0 Å². The maximum atomic E-state index is 5.52. The lowest BCUT2D eigenvalue weighted by Crippen LogP contribution is -2.02. The summed E-state index contributed by atoms with van der Waals surface area (Å²) in [7, 11) is 0. The molecule has 0 atom stereocenters. The summed E-state index contributed by atoms with van der Waals surface area (Å²) in [6.45, 7) is 4.87. The Morgan fingerprint density at radius 3 is 2.56 bits per heavy atom. The van der Waals surface area contributed by atoms with Gasteiger partial charge in [-0.1, -0.05) is 13.8 Å². The minimum Gasteiger partial charge on any atom is -0.421 e. The van der Waals surface area contributed by atoms with Crippen molar-refractivity contribution in [2.24, 2.45) is 5.73 Å². The maximum absolute atomic E-state index is 5.52. The predicted octanol–water partition coefficient (Wildman–Crippen LogP) is 2.74. The van der Waals surface area contributed by atoms with Gasteiger partial charge in [-0.05, 0) is 24.3 Å². The molecule has 0 bridgehead atoms. The van der Waals surface area contributed by atoms with Gasteiger partial charge in [-0.3, -0.25) is 0 Å². The van der Waals surface area contributed by atoms with Crippen molar-refractivity contribution in [2.75, 3.05) is 6.54 Å². The fourth-order valence-electron chi connectivity index (χ4n) is 1.54. The standard InChI is InChI=1S/C13H17N3OS/c1-9(2)18-11-5-3-10(4-6-11)13-16-15-12(17-13)7-8-14/h3-6,9H,7-8,14H2,1-2H3. The molecular weight excluding hydrogens is 246 g/mol. The molecule has 5 heteroatoms. The van der Waals surface area contributed by atoms with Crippen LogP contribution in [0.1, 0.15) is 19.7 Å². The van der Waals surface area contributed by atoms with Crippen LogP contribution in [0.4, 0.5) is 0 Å². The highest BCUT2D eigenvalue weighted by Gasteiger charge is 2.08. The molecule has 96 valence electrons. The summed E-state index contributed by atoms with van der Waals surface area (Å²) >= 11 is 1.83. The Kier molecular flexibility index (Phi) is 4.38. The van der Waals surface area contributed by atoms with Gasteiger partial charge in [-0.25, -0.2) is 0 Å². The second kappa shape index (κ2) is 6.02. The molecule has 2 aromatic rings. The summed E-state index contributed by atoms with van der Waals surface area (Å²) in [6.07, 6.45) is 0.619. The molecule has 2 rings (SSSR count). The largest absolute Gasteiger partial charge is 0.421 e. The van der Waals surface area contributed by atoms with E-state index < -0.39 is 0 Å². The highest BCUT2D eigenvalue weighted by atomic mass is 32.2. The molecule has 0 unspecified atom stereocenters. The van der Waals surface area contributed by atoms with Gasteiger partial charge in [-0.2, -0.15) is 0 Å². The van der Waals surface area contributed by atoms with E-state index in [1.165, 1.54) is 4.90 Å². The lowest BCUT2D eigenvalue weighted by Gasteiger charge is -2.04. The molecule has 0 amide bonds. The van der Waals surface area contributed by atoms with Crippen LogP contribution in [0, 0.1) is 0 Å². The summed E-state index contributed by atoms with van der Waals surface area (Å²) in [6, 6.07) is 8.16. The van der Waals surface area contributed by atoms with Crippen LogP contribution in [-0.4, -0.2) is 22.0 Å². The minimum atomic E-state index is 0.519. The smallest absolute Gasteiger partial charge is 0.247 e. The maximum Gasteiger partial charge on any atom is 0.247 e. The molecule has 0 aliphatic carbocycles. The molecule has 0 saturated carbocycles. The number of hydrogen-bond donors (Lipinski definition) is 1. The number of benzene rings is 1. The molecule has 2 N–H and O–H groups in total. The quantitative estimate of drug-likeness (QED) is 0.840. The predicted molar refractivity (Wildman–Crippen MR) is 73.5 cm³/mol. The van der Waals surface area contributed by atoms with E-state index in [4.69, 9.17) is 10.2 Å². The van der Waals surface area contributed by atoms with Crippen LogP contribution < -0.4 is 5.73 Å². The van der Waals surface area contributed by atoms with Crippen molar-refractivity contribution in [1.82, 2.24) is 10.2 Å². The highest BCUT2D eigenvalue weighted by Crippen LogP contribution is 2.26. The fourth-order valence-corrected chi connectivity index (χ4v) is 2.38. The van der Waals surface area contributed by atoms with E-state index in [1.54, 1.807) is 0 Å². The molecule has 18 heavy (non-hydrogen) atoms.